The number of nitrogens with one attached hydrogen (secondary N) is 1. The molecule has 3 atom stereocenters. The zero-order valence-electron chi connectivity index (χ0n) is 30.2. The Morgan fingerprint density at radius 2 is 1.43 bits per heavy atom. The summed E-state index contributed by atoms with van der Waals surface area (Å²) in [4.78, 5) is 42.3. The van der Waals surface area contributed by atoms with Gasteiger partial charge in [-0.3, -0.25) is 19.2 Å². The molecule has 2 aliphatic rings. The first kappa shape index (κ1) is 38.4. The first-order valence-electron chi connectivity index (χ1n) is 18.3. The van der Waals surface area contributed by atoms with Crippen LogP contribution < -0.4 is 15.9 Å². The number of cyclic esters (lactones) is 1. The minimum atomic E-state index is -2.86. The van der Waals surface area contributed by atoms with E-state index in [0.717, 1.165) is 30.4 Å². The molecule has 10 heteroatoms. The molecule has 0 spiro atoms. The minimum Gasteiger partial charge on any atom is -0.481 e. The third-order valence-corrected chi connectivity index (χ3v) is 15.3. The fourth-order valence-electron chi connectivity index (χ4n) is 7.58. The molecule has 0 radical (unpaired) electrons. The average molecular weight is 716 g/mol. The predicted octanol–water partition coefficient (Wildman–Crippen LogP) is 6.46. The maximum atomic E-state index is 13.6. The lowest BCUT2D eigenvalue weighted by molar-refractivity contribution is -0.146. The van der Waals surface area contributed by atoms with Crippen molar-refractivity contribution >= 4 is 36.6 Å². The zero-order chi connectivity index (χ0) is 36.3. The molecule has 1 heterocycles. The van der Waals surface area contributed by atoms with Gasteiger partial charge in [-0.1, -0.05) is 138 Å². The van der Waals surface area contributed by atoms with Crippen molar-refractivity contribution in [2.45, 2.75) is 109 Å². The van der Waals surface area contributed by atoms with E-state index in [1.54, 1.807) is 0 Å². The predicted molar refractivity (Wildman–Crippen MR) is 198 cm³/mol. The van der Waals surface area contributed by atoms with Crippen LogP contribution in [-0.2, 0) is 46.3 Å². The molecular weight excluding hydrogens is 663 g/mol. The van der Waals surface area contributed by atoms with Crippen molar-refractivity contribution in [1.82, 2.24) is 5.48 Å². The Balaban J connectivity index is 1.28. The molecule has 0 unspecified atom stereocenters. The summed E-state index contributed by atoms with van der Waals surface area (Å²) in [5, 5.41) is 10.9. The van der Waals surface area contributed by atoms with Crippen molar-refractivity contribution < 1.29 is 38.2 Å². The maximum absolute atomic E-state index is 13.6. The largest absolute Gasteiger partial charge is 0.481 e. The zero-order valence-corrected chi connectivity index (χ0v) is 31.2. The van der Waals surface area contributed by atoms with Gasteiger partial charge in [-0.05, 0) is 45.3 Å². The van der Waals surface area contributed by atoms with Crippen molar-refractivity contribution in [2.24, 2.45) is 11.8 Å². The number of hydrogen-bond acceptors (Lipinski definition) is 8. The lowest BCUT2D eigenvalue weighted by Gasteiger charge is -2.43. The number of aliphatic carboxylic acids is 1. The maximum Gasteiger partial charge on any atom is 0.311 e. The highest BCUT2D eigenvalue weighted by Crippen LogP contribution is 2.39. The fourth-order valence-corrected chi connectivity index (χ4v) is 12.1. The first-order valence-corrected chi connectivity index (χ1v) is 20.3. The van der Waals surface area contributed by atoms with Crippen LogP contribution >= 0.6 is 0 Å². The molecule has 5 rings (SSSR count). The SMILES string of the molecule is CC(C)(C)[Si](OC[C@H]1OC(=O)[C@@H](CC2CCCCC2)[C@@H]1NOCc1ccc(COC(=O)CCCC(=O)O)cc1)(c1ccccc1)c1ccccc1. The molecule has 2 N–H and O–H groups in total. The number of hydroxylamine groups is 1. The summed E-state index contributed by atoms with van der Waals surface area (Å²) in [6.45, 7) is 7.33. The van der Waals surface area contributed by atoms with Gasteiger partial charge in [0.1, 0.15) is 12.7 Å². The molecule has 0 aromatic heterocycles. The molecule has 3 aromatic carbocycles. The molecule has 1 saturated heterocycles. The second kappa shape index (κ2) is 18.1. The van der Waals surface area contributed by atoms with Gasteiger partial charge in [0.25, 0.3) is 8.32 Å². The van der Waals surface area contributed by atoms with E-state index in [-0.39, 0.29) is 62.1 Å². The van der Waals surface area contributed by atoms with Crippen molar-refractivity contribution in [2.75, 3.05) is 6.61 Å². The van der Waals surface area contributed by atoms with Gasteiger partial charge in [0.05, 0.1) is 25.2 Å². The molecule has 9 nitrogen and oxygen atoms in total. The number of carbonyl (C=O) groups excluding carboxylic acids is 2. The van der Waals surface area contributed by atoms with Crippen LogP contribution in [0.5, 0.6) is 0 Å². The Morgan fingerprint density at radius 3 is 2.00 bits per heavy atom. The van der Waals surface area contributed by atoms with Crippen LogP contribution in [-0.4, -0.2) is 50.1 Å². The topological polar surface area (TPSA) is 120 Å². The minimum absolute atomic E-state index is 0.0606. The third kappa shape index (κ3) is 10.2. The molecule has 0 bridgehead atoms. The van der Waals surface area contributed by atoms with E-state index in [2.05, 4.69) is 74.8 Å². The molecule has 1 saturated carbocycles. The number of carboxylic acid groups (broad SMARTS) is 1. The summed E-state index contributed by atoms with van der Waals surface area (Å²) in [5.41, 5.74) is 5.00. The van der Waals surface area contributed by atoms with E-state index in [1.165, 1.54) is 29.6 Å². The van der Waals surface area contributed by atoms with Gasteiger partial charge >= 0.3 is 17.9 Å². The van der Waals surface area contributed by atoms with Gasteiger partial charge in [-0.2, -0.15) is 5.48 Å². The second-order valence-electron chi connectivity index (χ2n) is 15.0. The van der Waals surface area contributed by atoms with Crippen molar-refractivity contribution in [1.29, 1.82) is 0 Å². The molecular formula is C41H53NO8Si. The molecule has 274 valence electrons. The quantitative estimate of drug-likeness (QED) is 0.0922. The monoisotopic (exact) mass is 715 g/mol. The smallest absolute Gasteiger partial charge is 0.311 e. The van der Waals surface area contributed by atoms with Gasteiger partial charge in [0, 0.05) is 12.8 Å². The first-order chi connectivity index (χ1) is 24.6. The summed E-state index contributed by atoms with van der Waals surface area (Å²) in [6, 6.07) is 28.1. The second-order valence-corrected chi connectivity index (χ2v) is 19.3. The van der Waals surface area contributed by atoms with Crippen molar-refractivity contribution in [3.05, 3.63) is 96.1 Å². The van der Waals surface area contributed by atoms with E-state index >= 15 is 0 Å². The number of hydrogen-bond donors (Lipinski definition) is 2. The third-order valence-electron chi connectivity index (χ3n) is 10.2. The molecule has 2 fully saturated rings. The number of ether oxygens (including phenoxy) is 2. The number of rotatable bonds is 17. The summed E-state index contributed by atoms with van der Waals surface area (Å²) < 4.78 is 18.7. The Labute approximate surface area is 303 Å². The Morgan fingerprint density at radius 1 is 0.843 bits per heavy atom. The Hall–Kier alpha value is -3.83. The van der Waals surface area contributed by atoms with E-state index in [9.17, 15) is 14.4 Å². The Kier molecular flexibility index (Phi) is 13.6. The molecule has 3 aromatic rings. The molecule has 0 amide bonds. The van der Waals surface area contributed by atoms with Gasteiger partial charge in [-0.15, -0.1) is 0 Å². The van der Waals surface area contributed by atoms with Crippen LogP contribution in [0.1, 0.15) is 89.7 Å². The highest BCUT2D eigenvalue weighted by Gasteiger charge is 2.53. The van der Waals surface area contributed by atoms with Gasteiger partial charge in [0.2, 0.25) is 0 Å². The average Bonchev–Trinajstić information content (AvgIpc) is 3.41. The van der Waals surface area contributed by atoms with Crippen LogP contribution in [0.4, 0.5) is 0 Å². The summed E-state index contributed by atoms with van der Waals surface area (Å²) in [6.07, 6.45) is 6.40. The van der Waals surface area contributed by atoms with Crippen molar-refractivity contribution in [3.63, 3.8) is 0 Å². The summed E-state index contributed by atoms with van der Waals surface area (Å²) >= 11 is 0. The van der Waals surface area contributed by atoms with Crippen LogP contribution in [0.2, 0.25) is 5.04 Å². The summed E-state index contributed by atoms with van der Waals surface area (Å²) in [5.74, 6) is -1.40. The highest BCUT2D eigenvalue weighted by atomic mass is 28.4. The lowest BCUT2D eigenvalue weighted by atomic mass is 9.80. The molecule has 51 heavy (non-hydrogen) atoms. The Bertz CT molecular complexity index is 1510. The van der Waals surface area contributed by atoms with Crippen LogP contribution in [0.25, 0.3) is 0 Å². The van der Waals surface area contributed by atoms with E-state index < -0.39 is 26.4 Å². The number of esters is 2. The van der Waals surface area contributed by atoms with Gasteiger partial charge in [0.15, 0.2) is 0 Å². The molecule has 1 aliphatic carbocycles. The number of carboxylic acids is 1. The molecule has 1 aliphatic heterocycles. The highest BCUT2D eigenvalue weighted by molar-refractivity contribution is 6.99. The van der Waals surface area contributed by atoms with E-state index in [4.69, 9.17) is 23.8 Å². The van der Waals surface area contributed by atoms with Gasteiger partial charge in [-0.25, -0.2) is 0 Å². The van der Waals surface area contributed by atoms with Crippen LogP contribution in [0.3, 0.4) is 0 Å². The summed E-state index contributed by atoms with van der Waals surface area (Å²) in [7, 11) is -2.86. The normalized spacial score (nSPS) is 19.8. The lowest BCUT2D eigenvalue weighted by Crippen LogP contribution is -2.67. The number of benzene rings is 3. The standard InChI is InChI=1S/C41H53NO8Si/c1-41(2,3)51(33-16-9-5-10-17-33,34-18-11-6-12-19-34)49-29-36-39(35(40(46)50-36)26-30-14-7-4-8-15-30)42-48-28-32-24-22-31(23-25-32)27-47-38(45)21-13-20-37(43)44/h5-6,9-12,16-19,22-25,30,35-36,39,42H,4,7-8,13-15,20-21,26-29H2,1-3H3,(H,43,44)/t35-,36+,39-/m0/s1. The van der Waals surface area contributed by atoms with E-state index in [0.29, 0.717) is 5.92 Å². The number of carbonyl (C=O) groups is 3. The van der Waals surface area contributed by atoms with Crippen molar-refractivity contribution in [3.8, 4) is 0 Å². The van der Waals surface area contributed by atoms with Gasteiger partial charge < -0.3 is 19.0 Å². The van der Waals surface area contributed by atoms with Crippen LogP contribution in [0, 0.1) is 11.8 Å². The fraction of sp³-hybridized carbons (Fsp3) is 0.488. The van der Waals surface area contributed by atoms with E-state index in [1.807, 2.05) is 36.4 Å². The van der Waals surface area contributed by atoms with Crippen LogP contribution in [0.15, 0.2) is 84.9 Å².